The maximum Gasteiger partial charge on any atom is 0.224 e. The van der Waals surface area contributed by atoms with Crippen LogP contribution >= 0.6 is 11.3 Å². The standard InChI is InChI=1S/C20H22N2O2S/c23-18(16-3-5-17-15(12-16)4-6-20(24)21-17)13-22-9-7-14(8-10-22)19-2-1-11-25-19/h1-3,5,11-12,14H,4,6-10,13H2,(H,21,24). The number of thiophene rings is 1. The second-order valence-electron chi connectivity index (χ2n) is 6.91. The number of benzene rings is 1. The lowest BCUT2D eigenvalue weighted by Gasteiger charge is -2.31. The number of nitrogens with one attached hydrogen (secondary N) is 1. The van der Waals surface area contributed by atoms with Gasteiger partial charge in [-0.3, -0.25) is 14.5 Å². The minimum absolute atomic E-state index is 0.0557. The van der Waals surface area contributed by atoms with Crippen LogP contribution in [-0.2, 0) is 11.2 Å². The second-order valence-corrected chi connectivity index (χ2v) is 7.89. The molecule has 1 saturated heterocycles. The van der Waals surface area contributed by atoms with Crippen LogP contribution in [0.1, 0.15) is 46.0 Å². The molecule has 0 aliphatic carbocycles. The lowest BCUT2D eigenvalue weighted by molar-refractivity contribution is -0.116. The zero-order valence-electron chi connectivity index (χ0n) is 14.2. The van der Waals surface area contributed by atoms with E-state index in [0.717, 1.165) is 42.7 Å². The fourth-order valence-corrected chi connectivity index (χ4v) is 4.65. The van der Waals surface area contributed by atoms with Crippen molar-refractivity contribution >= 4 is 28.7 Å². The molecule has 0 radical (unpaired) electrons. The molecule has 1 amide bonds. The molecule has 0 spiro atoms. The molecule has 0 bridgehead atoms. The highest BCUT2D eigenvalue weighted by Gasteiger charge is 2.23. The van der Waals surface area contributed by atoms with Crippen LogP contribution in [0.5, 0.6) is 0 Å². The van der Waals surface area contributed by atoms with Gasteiger partial charge in [-0.2, -0.15) is 0 Å². The van der Waals surface area contributed by atoms with E-state index in [0.29, 0.717) is 25.3 Å². The maximum atomic E-state index is 12.6. The number of nitrogens with zero attached hydrogens (tertiary/aromatic N) is 1. The number of hydrogen-bond acceptors (Lipinski definition) is 4. The summed E-state index contributed by atoms with van der Waals surface area (Å²) in [6, 6.07) is 10.00. The highest BCUT2D eigenvalue weighted by Crippen LogP contribution is 2.31. The number of rotatable bonds is 4. The van der Waals surface area contributed by atoms with Crippen molar-refractivity contribution < 1.29 is 9.59 Å². The van der Waals surface area contributed by atoms with Crippen molar-refractivity contribution in [1.29, 1.82) is 0 Å². The molecule has 0 atom stereocenters. The van der Waals surface area contributed by atoms with Crippen molar-refractivity contribution in [2.45, 2.75) is 31.6 Å². The first-order valence-electron chi connectivity index (χ1n) is 8.91. The zero-order valence-corrected chi connectivity index (χ0v) is 15.0. The number of carbonyl (C=O) groups is 2. The summed E-state index contributed by atoms with van der Waals surface area (Å²) in [5, 5.41) is 5.01. The Morgan fingerprint density at radius 3 is 2.80 bits per heavy atom. The molecule has 25 heavy (non-hydrogen) atoms. The number of aryl methyl sites for hydroxylation is 1. The van der Waals surface area contributed by atoms with E-state index >= 15 is 0 Å². The molecule has 0 saturated carbocycles. The number of piperidine rings is 1. The Bertz CT molecular complexity index is 777. The van der Waals surface area contributed by atoms with E-state index in [2.05, 4.69) is 27.7 Å². The van der Waals surface area contributed by atoms with Crippen molar-refractivity contribution in [2.24, 2.45) is 0 Å². The molecule has 2 aliphatic rings. The first-order valence-corrected chi connectivity index (χ1v) is 9.79. The predicted molar refractivity (Wildman–Crippen MR) is 100 cm³/mol. The van der Waals surface area contributed by atoms with E-state index < -0.39 is 0 Å². The molecule has 2 aromatic rings. The average molecular weight is 354 g/mol. The van der Waals surface area contributed by atoms with Crippen LogP contribution in [0.3, 0.4) is 0 Å². The van der Waals surface area contributed by atoms with Crippen molar-refractivity contribution in [2.75, 3.05) is 25.0 Å². The first-order chi connectivity index (χ1) is 12.2. The van der Waals surface area contributed by atoms with E-state index in [4.69, 9.17) is 0 Å². The summed E-state index contributed by atoms with van der Waals surface area (Å²) >= 11 is 1.84. The minimum Gasteiger partial charge on any atom is -0.326 e. The molecule has 3 heterocycles. The van der Waals surface area contributed by atoms with Crippen LogP contribution in [-0.4, -0.2) is 36.2 Å². The number of ketones is 1. The Hall–Kier alpha value is -1.98. The Morgan fingerprint density at radius 1 is 1.20 bits per heavy atom. The molecular formula is C20H22N2O2S. The molecule has 1 aromatic carbocycles. The van der Waals surface area contributed by atoms with Gasteiger partial charge in [0.1, 0.15) is 0 Å². The SMILES string of the molecule is O=C1CCc2cc(C(=O)CN3CCC(c4cccs4)CC3)ccc2N1. The van der Waals surface area contributed by atoms with Crippen molar-refractivity contribution in [3.8, 4) is 0 Å². The number of hydrogen-bond donors (Lipinski definition) is 1. The van der Waals surface area contributed by atoms with Gasteiger partial charge in [0, 0.05) is 22.5 Å². The molecule has 4 nitrogen and oxygen atoms in total. The van der Waals surface area contributed by atoms with E-state index in [1.54, 1.807) is 0 Å². The summed E-state index contributed by atoms with van der Waals surface area (Å²) in [5.74, 6) is 0.883. The van der Waals surface area contributed by atoms with Crippen molar-refractivity contribution in [3.05, 3.63) is 51.7 Å². The smallest absolute Gasteiger partial charge is 0.224 e. The Balaban J connectivity index is 1.36. The van der Waals surface area contributed by atoms with E-state index in [1.165, 1.54) is 4.88 Å². The van der Waals surface area contributed by atoms with Gasteiger partial charge in [-0.25, -0.2) is 0 Å². The van der Waals surface area contributed by atoms with Crippen LogP contribution in [0.15, 0.2) is 35.7 Å². The minimum atomic E-state index is 0.0557. The summed E-state index contributed by atoms with van der Waals surface area (Å²) in [5.41, 5.74) is 2.68. The molecule has 130 valence electrons. The largest absolute Gasteiger partial charge is 0.326 e. The van der Waals surface area contributed by atoms with E-state index in [-0.39, 0.29) is 11.7 Å². The number of Topliss-reactive ketones (excluding diaryl/α,β-unsaturated/α-hetero) is 1. The van der Waals surface area contributed by atoms with Gasteiger partial charge in [0.15, 0.2) is 5.78 Å². The van der Waals surface area contributed by atoms with Gasteiger partial charge < -0.3 is 5.32 Å². The molecule has 1 N–H and O–H groups in total. The molecule has 1 fully saturated rings. The third kappa shape index (κ3) is 3.67. The van der Waals surface area contributed by atoms with Gasteiger partial charge in [0.05, 0.1) is 6.54 Å². The van der Waals surface area contributed by atoms with Gasteiger partial charge >= 0.3 is 0 Å². The highest BCUT2D eigenvalue weighted by molar-refractivity contribution is 7.10. The topological polar surface area (TPSA) is 49.4 Å². The first kappa shape index (κ1) is 16.5. The number of fused-ring (bicyclic) bond motifs is 1. The van der Waals surface area contributed by atoms with Crippen LogP contribution in [0.25, 0.3) is 0 Å². The van der Waals surface area contributed by atoms with Crippen molar-refractivity contribution in [3.63, 3.8) is 0 Å². The van der Waals surface area contributed by atoms with Gasteiger partial charge in [-0.1, -0.05) is 6.07 Å². The second kappa shape index (κ2) is 7.10. The molecule has 2 aliphatic heterocycles. The van der Waals surface area contributed by atoms with Gasteiger partial charge in [-0.05, 0) is 73.5 Å². The number of anilines is 1. The third-order valence-corrected chi connectivity index (χ3v) is 6.26. The quantitative estimate of drug-likeness (QED) is 0.852. The summed E-state index contributed by atoms with van der Waals surface area (Å²) < 4.78 is 0. The number of likely N-dealkylation sites (tertiary alicyclic amines) is 1. The molecule has 0 unspecified atom stereocenters. The Labute approximate surface area is 151 Å². The normalized spacial score (nSPS) is 18.6. The van der Waals surface area contributed by atoms with Gasteiger partial charge in [0.2, 0.25) is 5.91 Å². The number of carbonyl (C=O) groups excluding carboxylic acids is 2. The summed E-state index contributed by atoms with van der Waals surface area (Å²) in [6.07, 6.45) is 3.48. The van der Waals surface area contributed by atoms with E-state index in [9.17, 15) is 9.59 Å². The highest BCUT2D eigenvalue weighted by atomic mass is 32.1. The lowest BCUT2D eigenvalue weighted by atomic mass is 9.94. The fraction of sp³-hybridized carbons (Fsp3) is 0.400. The predicted octanol–water partition coefficient (Wildman–Crippen LogP) is 3.70. The number of amides is 1. The Morgan fingerprint density at radius 2 is 2.04 bits per heavy atom. The van der Waals surface area contributed by atoms with Crippen molar-refractivity contribution in [1.82, 2.24) is 4.90 Å². The monoisotopic (exact) mass is 354 g/mol. The van der Waals surface area contributed by atoms with Gasteiger partial charge in [0.25, 0.3) is 0 Å². The molecule has 5 heteroatoms. The maximum absolute atomic E-state index is 12.6. The molecule has 1 aromatic heterocycles. The van der Waals surface area contributed by atoms with Crippen LogP contribution in [0, 0.1) is 0 Å². The lowest BCUT2D eigenvalue weighted by Crippen LogP contribution is -2.36. The molecular weight excluding hydrogens is 332 g/mol. The van der Waals surface area contributed by atoms with E-state index in [1.807, 2.05) is 29.5 Å². The fourth-order valence-electron chi connectivity index (χ4n) is 3.75. The molecule has 4 rings (SSSR count). The summed E-state index contributed by atoms with van der Waals surface area (Å²) in [7, 11) is 0. The van der Waals surface area contributed by atoms with Gasteiger partial charge in [-0.15, -0.1) is 11.3 Å². The third-order valence-electron chi connectivity index (χ3n) is 5.22. The summed E-state index contributed by atoms with van der Waals surface area (Å²) in [4.78, 5) is 27.8. The summed E-state index contributed by atoms with van der Waals surface area (Å²) in [6.45, 7) is 2.45. The van der Waals surface area contributed by atoms with Crippen LogP contribution in [0.2, 0.25) is 0 Å². The van der Waals surface area contributed by atoms with Crippen LogP contribution < -0.4 is 5.32 Å². The van der Waals surface area contributed by atoms with Crippen LogP contribution in [0.4, 0.5) is 5.69 Å². The zero-order chi connectivity index (χ0) is 17.2. The average Bonchev–Trinajstić information content (AvgIpc) is 3.16. The Kier molecular flexibility index (Phi) is 4.68.